The van der Waals surface area contributed by atoms with E-state index in [1.807, 2.05) is 4.90 Å². The van der Waals surface area contributed by atoms with Crippen LogP contribution in [0.1, 0.15) is 6.92 Å². The molecule has 1 N–H and O–H groups in total. The van der Waals surface area contributed by atoms with Gasteiger partial charge in [0, 0.05) is 26.2 Å². The van der Waals surface area contributed by atoms with Crippen molar-refractivity contribution in [3.8, 4) is 5.75 Å². The number of anilines is 1. The molecule has 1 aliphatic heterocycles. The lowest BCUT2D eigenvalue weighted by molar-refractivity contribution is -0.121. The van der Waals surface area contributed by atoms with Gasteiger partial charge in [-0.3, -0.25) is 9.69 Å². The number of piperazine rings is 1. The summed E-state index contributed by atoms with van der Waals surface area (Å²) >= 11 is 6.04. The fourth-order valence-corrected chi connectivity index (χ4v) is 5.21. The second-order valence-corrected chi connectivity index (χ2v) is 9.22. The van der Waals surface area contributed by atoms with E-state index in [0.29, 0.717) is 13.1 Å². The number of amides is 1. The van der Waals surface area contributed by atoms with Gasteiger partial charge in [-0.25, -0.2) is 8.42 Å². The summed E-state index contributed by atoms with van der Waals surface area (Å²) in [6, 6.07) is 11.6. The van der Waals surface area contributed by atoms with E-state index in [1.165, 1.54) is 34.6 Å². The number of benzene rings is 2. The van der Waals surface area contributed by atoms with Crippen LogP contribution in [0.4, 0.5) is 14.5 Å². The van der Waals surface area contributed by atoms with Crippen LogP contribution in [0.15, 0.2) is 53.4 Å². The van der Waals surface area contributed by atoms with Gasteiger partial charge in [0.15, 0.2) is 0 Å². The van der Waals surface area contributed by atoms with E-state index < -0.39 is 28.6 Å². The summed E-state index contributed by atoms with van der Waals surface area (Å²) in [4.78, 5) is 14.5. The molecule has 0 saturated carbocycles. The third-order valence-corrected chi connectivity index (χ3v) is 7.41. The molecule has 1 amide bonds. The average molecular weight is 474 g/mol. The van der Waals surface area contributed by atoms with Crippen LogP contribution in [-0.2, 0) is 14.8 Å². The van der Waals surface area contributed by atoms with Crippen LogP contribution in [0.5, 0.6) is 5.75 Å². The zero-order chi connectivity index (χ0) is 22.6. The minimum atomic E-state index is -3.74. The van der Waals surface area contributed by atoms with Crippen molar-refractivity contribution in [1.29, 1.82) is 0 Å². The topological polar surface area (TPSA) is 79.0 Å². The molecule has 168 valence electrons. The number of nitrogens with zero attached hydrogens (tertiary/aromatic N) is 2. The average Bonchev–Trinajstić information content (AvgIpc) is 2.74. The molecular formula is C20H22ClF2N3O4S. The van der Waals surface area contributed by atoms with E-state index in [2.05, 4.69) is 10.1 Å². The maximum atomic E-state index is 12.9. The van der Waals surface area contributed by atoms with Gasteiger partial charge in [-0.1, -0.05) is 35.9 Å². The normalized spacial score (nSPS) is 16.8. The Morgan fingerprint density at radius 2 is 1.68 bits per heavy atom. The highest BCUT2D eigenvalue weighted by atomic mass is 35.5. The highest BCUT2D eigenvalue weighted by molar-refractivity contribution is 7.89. The molecule has 0 radical (unpaired) electrons. The summed E-state index contributed by atoms with van der Waals surface area (Å²) in [5, 5.41) is 2.75. The number of ether oxygens (including phenoxy) is 1. The second-order valence-electron chi connectivity index (χ2n) is 6.91. The molecular weight excluding hydrogens is 452 g/mol. The zero-order valence-electron chi connectivity index (χ0n) is 16.7. The molecule has 0 bridgehead atoms. The lowest BCUT2D eigenvalue weighted by atomic mass is 10.2. The van der Waals surface area contributed by atoms with Crippen molar-refractivity contribution in [1.82, 2.24) is 9.21 Å². The molecule has 3 rings (SSSR count). The number of halogens is 3. The largest absolute Gasteiger partial charge is 0.433 e. The van der Waals surface area contributed by atoms with Crippen molar-refractivity contribution in [2.24, 2.45) is 0 Å². The predicted molar refractivity (Wildman–Crippen MR) is 113 cm³/mol. The first kappa shape index (κ1) is 23.4. The quantitative estimate of drug-likeness (QED) is 0.667. The third-order valence-electron chi connectivity index (χ3n) is 5.02. The number of para-hydroxylation sites is 2. The van der Waals surface area contributed by atoms with E-state index in [-0.39, 0.29) is 34.4 Å². The summed E-state index contributed by atoms with van der Waals surface area (Å²) in [5.41, 5.74) is 0.139. The summed E-state index contributed by atoms with van der Waals surface area (Å²) in [5.74, 6) is -0.540. The van der Waals surface area contributed by atoms with Crippen LogP contribution in [0.2, 0.25) is 5.02 Å². The molecule has 1 fully saturated rings. The summed E-state index contributed by atoms with van der Waals surface area (Å²) in [6.07, 6.45) is 0. The number of rotatable bonds is 7. The van der Waals surface area contributed by atoms with Crippen molar-refractivity contribution >= 4 is 33.2 Å². The van der Waals surface area contributed by atoms with Crippen molar-refractivity contribution < 1.29 is 26.7 Å². The minimum Gasteiger partial charge on any atom is -0.433 e. The van der Waals surface area contributed by atoms with Crippen molar-refractivity contribution in [3.63, 3.8) is 0 Å². The Morgan fingerprint density at radius 1 is 1.06 bits per heavy atom. The summed E-state index contributed by atoms with van der Waals surface area (Å²) in [6.45, 7) is -0.305. The number of hydrogen-bond donors (Lipinski definition) is 1. The fourth-order valence-electron chi connectivity index (χ4n) is 3.30. The fraction of sp³-hybridized carbons (Fsp3) is 0.350. The number of sulfonamides is 1. The molecule has 11 heteroatoms. The molecule has 2 aromatic rings. The standard InChI is InChI=1S/C20H22ClF2N3O4S/c1-14(19(27)24-16-7-3-4-8-17(16)30-20(22)23)25-10-12-26(13-11-25)31(28,29)18-9-5-2-6-15(18)21/h2-9,14,20H,10-13H2,1H3,(H,24,27). The van der Waals surface area contributed by atoms with Crippen LogP contribution in [0, 0.1) is 0 Å². The summed E-state index contributed by atoms with van der Waals surface area (Å²) in [7, 11) is -3.74. The highest BCUT2D eigenvalue weighted by Crippen LogP contribution is 2.27. The van der Waals surface area contributed by atoms with Crippen LogP contribution in [0.25, 0.3) is 0 Å². The van der Waals surface area contributed by atoms with Crippen molar-refractivity contribution in [2.45, 2.75) is 24.5 Å². The Kier molecular flexibility index (Phi) is 7.47. The minimum absolute atomic E-state index is 0.0477. The van der Waals surface area contributed by atoms with E-state index in [4.69, 9.17) is 11.6 Å². The van der Waals surface area contributed by atoms with Gasteiger partial charge in [-0.05, 0) is 31.2 Å². The van der Waals surface area contributed by atoms with Gasteiger partial charge >= 0.3 is 6.61 Å². The maximum absolute atomic E-state index is 12.9. The first-order valence-corrected chi connectivity index (χ1v) is 11.4. The number of alkyl halides is 2. The number of hydrogen-bond acceptors (Lipinski definition) is 5. The lowest BCUT2D eigenvalue weighted by Crippen LogP contribution is -2.53. The smallest absolute Gasteiger partial charge is 0.387 e. The monoisotopic (exact) mass is 473 g/mol. The molecule has 2 aromatic carbocycles. The molecule has 1 unspecified atom stereocenters. The molecule has 7 nitrogen and oxygen atoms in total. The first-order chi connectivity index (χ1) is 14.7. The van der Waals surface area contributed by atoms with Gasteiger partial charge in [0.2, 0.25) is 15.9 Å². The van der Waals surface area contributed by atoms with Gasteiger partial charge in [0.1, 0.15) is 10.6 Å². The molecule has 31 heavy (non-hydrogen) atoms. The van der Waals surface area contributed by atoms with Crippen LogP contribution in [-0.4, -0.2) is 62.4 Å². The Morgan fingerprint density at radius 3 is 2.32 bits per heavy atom. The second kappa shape index (κ2) is 9.90. The molecule has 1 heterocycles. The number of carbonyl (C=O) groups is 1. The van der Waals surface area contributed by atoms with Crippen LogP contribution >= 0.6 is 11.6 Å². The molecule has 1 atom stereocenters. The third kappa shape index (κ3) is 5.51. The Labute approximate surface area is 184 Å². The summed E-state index contributed by atoms with van der Waals surface area (Å²) < 4.78 is 56.6. The van der Waals surface area contributed by atoms with Gasteiger partial charge in [-0.15, -0.1) is 0 Å². The van der Waals surface area contributed by atoms with Crippen molar-refractivity contribution in [3.05, 3.63) is 53.6 Å². The van der Waals surface area contributed by atoms with E-state index >= 15 is 0 Å². The van der Waals surface area contributed by atoms with E-state index in [1.54, 1.807) is 25.1 Å². The molecule has 1 saturated heterocycles. The first-order valence-electron chi connectivity index (χ1n) is 9.53. The predicted octanol–water partition coefficient (Wildman–Crippen LogP) is 3.27. The highest BCUT2D eigenvalue weighted by Gasteiger charge is 2.33. The van der Waals surface area contributed by atoms with Crippen LogP contribution in [0.3, 0.4) is 0 Å². The van der Waals surface area contributed by atoms with E-state index in [9.17, 15) is 22.0 Å². The SMILES string of the molecule is CC(C(=O)Nc1ccccc1OC(F)F)N1CCN(S(=O)(=O)c2ccccc2Cl)CC1. The van der Waals surface area contributed by atoms with Gasteiger partial charge in [0.05, 0.1) is 16.8 Å². The lowest BCUT2D eigenvalue weighted by Gasteiger charge is -2.36. The maximum Gasteiger partial charge on any atom is 0.387 e. The van der Waals surface area contributed by atoms with Crippen LogP contribution < -0.4 is 10.1 Å². The Balaban J connectivity index is 1.62. The zero-order valence-corrected chi connectivity index (χ0v) is 18.2. The molecule has 1 aliphatic rings. The number of nitrogens with one attached hydrogen (secondary N) is 1. The van der Waals surface area contributed by atoms with Gasteiger partial charge in [-0.2, -0.15) is 13.1 Å². The van der Waals surface area contributed by atoms with Crippen molar-refractivity contribution in [2.75, 3.05) is 31.5 Å². The molecule has 0 spiro atoms. The molecule has 0 aliphatic carbocycles. The van der Waals surface area contributed by atoms with Gasteiger partial charge in [0.25, 0.3) is 0 Å². The Bertz CT molecular complexity index is 1030. The van der Waals surface area contributed by atoms with E-state index in [0.717, 1.165) is 0 Å². The van der Waals surface area contributed by atoms with Gasteiger partial charge < -0.3 is 10.1 Å². The molecule has 0 aromatic heterocycles. The Hall–Kier alpha value is -2.27. The number of carbonyl (C=O) groups excluding carboxylic acids is 1.